The van der Waals surface area contributed by atoms with Crippen LogP contribution >= 0.6 is 0 Å². The number of hydrogen-bond donors (Lipinski definition) is 2. The van der Waals surface area contributed by atoms with Gasteiger partial charge in [0.05, 0.1) is 24.2 Å². The Bertz CT molecular complexity index is 1440. The molecule has 0 bridgehead atoms. The Balaban J connectivity index is 1.23. The number of aromatic nitrogens is 4. The predicted molar refractivity (Wildman–Crippen MR) is 157 cm³/mol. The first-order valence-electron chi connectivity index (χ1n) is 13.5. The fraction of sp³-hybridized carbons (Fsp3) is 0.333. The maximum absolute atomic E-state index is 6.00. The van der Waals surface area contributed by atoms with E-state index in [4.69, 9.17) is 10.5 Å². The van der Waals surface area contributed by atoms with Crippen molar-refractivity contribution in [3.05, 3.63) is 78.5 Å². The number of fused-ring (bicyclic) bond motifs is 1. The SMILES string of the molecule is CN=CC(=CN)c1ccc(C(C)Nc2cc(-c3cnc4cc(OCCCN5CCCC5)ccn34)ncn2)cc1. The molecule has 1 fully saturated rings. The summed E-state index contributed by atoms with van der Waals surface area (Å²) in [4.78, 5) is 20.1. The molecule has 0 amide bonds. The first kappa shape index (κ1) is 26.4. The third-order valence-corrected chi connectivity index (χ3v) is 7.06. The quantitative estimate of drug-likeness (QED) is 0.214. The van der Waals surface area contributed by atoms with Gasteiger partial charge >= 0.3 is 0 Å². The number of pyridine rings is 1. The lowest BCUT2D eigenvalue weighted by Gasteiger charge is -2.16. The van der Waals surface area contributed by atoms with Crippen LogP contribution in [0.15, 0.2) is 72.4 Å². The minimum Gasteiger partial charge on any atom is -0.493 e. The van der Waals surface area contributed by atoms with Crippen LogP contribution in [-0.2, 0) is 0 Å². The minimum atomic E-state index is 0.0410. The van der Waals surface area contributed by atoms with Gasteiger partial charge < -0.3 is 20.7 Å². The second-order valence-electron chi connectivity index (χ2n) is 9.77. The zero-order valence-electron chi connectivity index (χ0n) is 22.6. The predicted octanol–water partition coefficient (Wildman–Crippen LogP) is 4.83. The molecule has 1 aromatic carbocycles. The van der Waals surface area contributed by atoms with Gasteiger partial charge in [0.25, 0.3) is 0 Å². The molecule has 1 atom stereocenters. The number of nitrogens with two attached hydrogens (primary N) is 1. The summed E-state index contributed by atoms with van der Waals surface area (Å²) in [6.07, 6.45) is 12.4. The van der Waals surface area contributed by atoms with Crippen LogP contribution in [0.2, 0.25) is 0 Å². The molecule has 0 spiro atoms. The second kappa shape index (κ2) is 12.5. The topological polar surface area (TPSA) is 106 Å². The monoisotopic (exact) mass is 524 g/mol. The summed E-state index contributed by atoms with van der Waals surface area (Å²) in [7, 11) is 1.73. The van der Waals surface area contributed by atoms with Gasteiger partial charge in [-0.05, 0) is 56.5 Å². The number of nitrogens with zero attached hydrogens (tertiary/aromatic N) is 6. The van der Waals surface area contributed by atoms with E-state index in [1.165, 1.54) is 25.9 Å². The van der Waals surface area contributed by atoms with Gasteiger partial charge in [-0.2, -0.15) is 0 Å². The standard InChI is InChI=1S/C30H36N8O/c1-22(23-6-8-24(9-7-23)25(18-31)19-32-2)36-29-17-27(34-21-35-29)28-20-33-30-16-26(10-14-38(28)30)39-15-5-13-37-11-3-4-12-37/h6-10,14,16-22H,3-5,11-13,15,31H2,1-2H3,(H,34,35,36). The molecule has 1 aliphatic rings. The Morgan fingerprint density at radius 3 is 2.72 bits per heavy atom. The molecule has 9 heteroatoms. The van der Waals surface area contributed by atoms with Crippen LogP contribution in [0.5, 0.6) is 5.75 Å². The largest absolute Gasteiger partial charge is 0.493 e. The van der Waals surface area contributed by atoms with E-state index in [0.717, 1.165) is 58.3 Å². The highest BCUT2D eigenvalue weighted by molar-refractivity contribution is 6.09. The van der Waals surface area contributed by atoms with Gasteiger partial charge in [0, 0.05) is 56.0 Å². The van der Waals surface area contributed by atoms with Crippen LogP contribution in [0, 0.1) is 0 Å². The van der Waals surface area contributed by atoms with Gasteiger partial charge in [-0.25, -0.2) is 15.0 Å². The van der Waals surface area contributed by atoms with Crippen LogP contribution in [0.25, 0.3) is 22.6 Å². The molecule has 4 aromatic rings. The lowest BCUT2D eigenvalue weighted by Crippen LogP contribution is -2.21. The van der Waals surface area contributed by atoms with E-state index in [1.807, 2.05) is 47.1 Å². The zero-order chi connectivity index (χ0) is 27.0. The fourth-order valence-electron chi connectivity index (χ4n) is 4.92. The van der Waals surface area contributed by atoms with E-state index >= 15 is 0 Å². The first-order valence-corrected chi connectivity index (χ1v) is 13.5. The van der Waals surface area contributed by atoms with Crippen LogP contribution < -0.4 is 15.8 Å². The molecule has 0 aliphatic carbocycles. The van der Waals surface area contributed by atoms with Crippen molar-refractivity contribution >= 4 is 23.3 Å². The van der Waals surface area contributed by atoms with Crippen LogP contribution in [0.3, 0.4) is 0 Å². The second-order valence-corrected chi connectivity index (χ2v) is 9.77. The summed E-state index contributed by atoms with van der Waals surface area (Å²) in [5, 5.41) is 3.48. The molecule has 1 saturated heterocycles. The van der Waals surface area contributed by atoms with Crippen LogP contribution in [0.4, 0.5) is 5.82 Å². The Labute approximate surface area is 229 Å². The highest BCUT2D eigenvalue weighted by atomic mass is 16.5. The third-order valence-electron chi connectivity index (χ3n) is 7.06. The van der Waals surface area contributed by atoms with Crippen LogP contribution in [0.1, 0.15) is 43.4 Å². The number of nitrogens with one attached hydrogen (secondary N) is 1. The molecule has 9 nitrogen and oxygen atoms in total. The van der Waals surface area contributed by atoms with Gasteiger partial charge in [0.2, 0.25) is 0 Å². The van der Waals surface area contributed by atoms with E-state index in [1.54, 1.807) is 25.8 Å². The van der Waals surface area contributed by atoms with Crippen molar-refractivity contribution in [3.63, 3.8) is 0 Å². The van der Waals surface area contributed by atoms with Crippen molar-refractivity contribution in [1.82, 2.24) is 24.3 Å². The number of anilines is 1. The Morgan fingerprint density at radius 1 is 1.13 bits per heavy atom. The number of imidazole rings is 1. The molecular formula is C30H36N8O. The maximum atomic E-state index is 6.00. The highest BCUT2D eigenvalue weighted by Gasteiger charge is 2.13. The average Bonchev–Trinajstić information content (AvgIpc) is 3.64. The number of likely N-dealkylation sites (tertiary alicyclic amines) is 1. The van der Waals surface area contributed by atoms with Crippen molar-refractivity contribution in [2.24, 2.45) is 10.7 Å². The van der Waals surface area contributed by atoms with Crippen molar-refractivity contribution in [1.29, 1.82) is 0 Å². The maximum Gasteiger partial charge on any atom is 0.140 e. The molecule has 3 aromatic heterocycles. The van der Waals surface area contributed by atoms with Gasteiger partial charge in [-0.15, -0.1) is 0 Å². The summed E-state index contributed by atoms with van der Waals surface area (Å²) >= 11 is 0. The summed E-state index contributed by atoms with van der Waals surface area (Å²) in [5.41, 5.74) is 11.3. The van der Waals surface area contributed by atoms with Gasteiger partial charge in [0.15, 0.2) is 0 Å². The van der Waals surface area contributed by atoms with Crippen molar-refractivity contribution < 1.29 is 4.74 Å². The van der Waals surface area contributed by atoms with E-state index in [0.29, 0.717) is 6.61 Å². The van der Waals surface area contributed by atoms with E-state index in [-0.39, 0.29) is 6.04 Å². The van der Waals surface area contributed by atoms with Crippen molar-refractivity contribution in [2.45, 2.75) is 32.2 Å². The van der Waals surface area contributed by atoms with Gasteiger partial charge in [0.1, 0.15) is 23.5 Å². The molecule has 1 unspecified atom stereocenters. The highest BCUT2D eigenvalue weighted by Crippen LogP contribution is 2.25. The van der Waals surface area contributed by atoms with Gasteiger partial charge in [-0.1, -0.05) is 24.3 Å². The Kier molecular flexibility index (Phi) is 8.48. The van der Waals surface area contributed by atoms with Crippen molar-refractivity contribution in [3.8, 4) is 17.1 Å². The summed E-state index contributed by atoms with van der Waals surface area (Å²) in [6, 6.07) is 14.2. The summed E-state index contributed by atoms with van der Waals surface area (Å²) in [5.74, 6) is 1.58. The van der Waals surface area contributed by atoms with Crippen molar-refractivity contribution in [2.75, 3.05) is 38.6 Å². The number of benzene rings is 1. The molecule has 1 aliphatic heterocycles. The molecule has 3 N–H and O–H groups in total. The zero-order valence-corrected chi connectivity index (χ0v) is 22.6. The normalized spacial score (nSPS) is 15.3. The lowest BCUT2D eigenvalue weighted by atomic mass is 10.0. The van der Waals surface area contributed by atoms with E-state index < -0.39 is 0 Å². The average molecular weight is 525 g/mol. The number of hydrogen-bond acceptors (Lipinski definition) is 8. The first-order chi connectivity index (χ1) is 19.1. The van der Waals surface area contributed by atoms with E-state index in [2.05, 4.69) is 49.2 Å². The van der Waals surface area contributed by atoms with Crippen LogP contribution in [-0.4, -0.2) is 63.8 Å². The molecular weight excluding hydrogens is 488 g/mol. The third kappa shape index (κ3) is 6.43. The number of aliphatic imine (C=N–C) groups is 1. The molecule has 0 saturated carbocycles. The molecule has 202 valence electrons. The molecule has 4 heterocycles. The fourth-order valence-corrected chi connectivity index (χ4v) is 4.92. The molecule has 5 rings (SSSR count). The molecule has 39 heavy (non-hydrogen) atoms. The Hall–Kier alpha value is -4.24. The number of allylic oxidation sites excluding steroid dienone is 1. The lowest BCUT2D eigenvalue weighted by molar-refractivity contribution is 0.263. The minimum absolute atomic E-state index is 0.0410. The summed E-state index contributed by atoms with van der Waals surface area (Å²) < 4.78 is 8.02. The number of ether oxygens (including phenoxy) is 1. The smallest absolute Gasteiger partial charge is 0.140 e. The van der Waals surface area contributed by atoms with E-state index in [9.17, 15) is 0 Å². The summed E-state index contributed by atoms with van der Waals surface area (Å²) in [6.45, 7) is 6.35. The van der Waals surface area contributed by atoms with Gasteiger partial charge in [-0.3, -0.25) is 9.39 Å². The number of rotatable bonds is 11. The molecule has 0 radical (unpaired) electrons. The Morgan fingerprint density at radius 2 is 1.95 bits per heavy atom.